The van der Waals surface area contributed by atoms with Crippen molar-refractivity contribution in [2.45, 2.75) is 23.2 Å². The first kappa shape index (κ1) is 13.2. The Morgan fingerprint density at radius 2 is 2.15 bits per heavy atom. The molecule has 1 aromatic carbocycles. The molecule has 104 valence electrons. The third-order valence-corrected chi connectivity index (χ3v) is 4.54. The van der Waals surface area contributed by atoms with Gasteiger partial charge in [-0.2, -0.15) is 0 Å². The Kier molecular flexibility index (Phi) is 3.73. The lowest BCUT2D eigenvalue weighted by Gasteiger charge is -2.06. The van der Waals surface area contributed by atoms with Gasteiger partial charge in [0.15, 0.2) is 5.16 Å². The second kappa shape index (κ2) is 5.66. The predicted octanol–water partition coefficient (Wildman–Crippen LogP) is 1.81. The van der Waals surface area contributed by atoms with Crippen molar-refractivity contribution in [1.29, 1.82) is 0 Å². The van der Waals surface area contributed by atoms with Crippen LogP contribution in [-0.4, -0.2) is 32.6 Å². The van der Waals surface area contributed by atoms with E-state index in [4.69, 9.17) is 4.74 Å². The summed E-state index contributed by atoms with van der Waals surface area (Å²) < 4.78 is 6.91. The molecule has 20 heavy (non-hydrogen) atoms. The molecular weight excluding hydrogens is 274 g/mol. The van der Waals surface area contributed by atoms with Crippen molar-refractivity contribution in [3.8, 4) is 0 Å². The van der Waals surface area contributed by atoms with Crippen LogP contribution in [0.3, 0.4) is 0 Å². The van der Waals surface area contributed by atoms with E-state index in [-0.39, 0.29) is 11.2 Å². The van der Waals surface area contributed by atoms with E-state index in [2.05, 4.69) is 22.3 Å². The topological polar surface area (TPSA) is 57.0 Å². The van der Waals surface area contributed by atoms with E-state index in [0.29, 0.717) is 6.61 Å². The second-order valence-electron chi connectivity index (χ2n) is 4.68. The van der Waals surface area contributed by atoms with Gasteiger partial charge in [-0.05, 0) is 5.56 Å². The molecule has 0 amide bonds. The van der Waals surface area contributed by atoms with Crippen LogP contribution in [0.1, 0.15) is 17.8 Å². The number of rotatable bonds is 4. The number of thioether (sulfide) groups is 1. The molecule has 0 bridgehead atoms. The van der Waals surface area contributed by atoms with Crippen LogP contribution in [0.15, 0.2) is 35.5 Å². The minimum Gasteiger partial charge on any atom is -0.465 e. The molecule has 2 aromatic rings. The van der Waals surface area contributed by atoms with Gasteiger partial charge >= 0.3 is 5.97 Å². The van der Waals surface area contributed by atoms with Crippen LogP contribution in [0, 0.1) is 0 Å². The summed E-state index contributed by atoms with van der Waals surface area (Å²) in [7, 11) is 1.93. The van der Waals surface area contributed by atoms with Crippen molar-refractivity contribution >= 4 is 17.7 Å². The zero-order valence-electron chi connectivity index (χ0n) is 11.2. The molecule has 1 aliphatic rings. The van der Waals surface area contributed by atoms with Gasteiger partial charge < -0.3 is 9.30 Å². The van der Waals surface area contributed by atoms with Crippen molar-refractivity contribution in [1.82, 2.24) is 14.8 Å². The highest BCUT2D eigenvalue weighted by molar-refractivity contribution is 8.00. The molecule has 6 heteroatoms. The number of hydrogen-bond acceptors (Lipinski definition) is 5. The molecule has 0 aliphatic carbocycles. The van der Waals surface area contributed by atoms with Crippen LogP contribution in [0.2, 0.25) is 0 Å². The molecule has 0 radical (unpaired) electrons. The molecule has 1 atom stereocenters. The molecule has 1 fully saturated rings. The monoisotopic (exact) mass is 289 g/mol. The summed E-state index contributed by atoms with van der Waals surface area (Å²) in [6, 6.07) is 10.1. The summed E-state index contributed by atoms with van der Waals surface area (Å²) in [6.45, 7) is 0.505. The van der Waals surface area contributed by atoms with Gasteiger partial charge in [0.2, 0.25) is 0 Å². The van der Waals surface area contributed by atoms with Crippen LogP contribution in [0.25, 0.3) is 0 Å². The predicted molar refractivity (Wildman–Crippen MR) is 75.5 cm³/mol. The third kappa shape index (κ3) is 2.70. The van der Waals surface area contributed by atoms with Crippen LogP contribution in [0.4, 0.5) is 0 Å². The summed E-state index contributed by atoms with van der Waals surface area (Å²) in [5.41, 5.74) is 1.19. The van der Waals surface area contributed by atoms with Gasteiger partial charge in [-0.25, -0.2) is 0 Å². The van der Waals surface area contributed by atoms with Crippen molar-refractivity contribution in [3.05, 3.63) is 41.7 Å². The van der Waals surface area contributed by atoms with Gasteiger partial charge in [-0.3, -0.25) is 4.79 Å². The quantitative estimate of drug-likeness (QED) is 0.804. The summed E-state index contributed by atoms with van der Waals surface area (Å²) in [6.07, 6.45) is 1.48. The number of hydrogen-bond donors (Lipinski definition) is 0. The van der Waals surface area contributed by atoms with E-state index in [9.17, 15) is 4.79 Å². The lowest BCUT2D eigenvalue weighted by Crippen LogP contribution is -2.11. The normalized spacial score (nSPS) is 18.2. The number of benzene rings is 1. The number of esters is 1. The van der Waals surface area contributed by atoms with Crippen LogP contribution in [-0.2, 0) is 23.0 Å². The Balaban J connectivity index is 1.73. The zero-order chi connectivity index (χ0) is 13.9. The Hall–Kier alpha value is -1.82. The standard InChI is InChI=1S/C14H15N3O2S/c1-17-12(9-10-5-3-2-4-6-10)15-16-14(17)20-11-7-8-19-13(11)18/h2-6,11H,7-9H2,1H3/t11-/m1/s1. The van der Waals surface area contributed by atoms with Crippen molar-refractivity contribution in [2.24, 2.45) is 7.05 Å². The van der Waals surface area contributed by atoms with Crippen molar-refractivity contribution < 1.29 is 9.53 Å². The summed E-state index contributed by atoms with van der Waals surface area (Å²) >= 11 is 1.43. The minimum atomic E-state index is -0.150. The third-order valence-electron chi connectivity index (χ3n) is 3.27. The Morgan fingerprint density at radius 3 is 2.85 bits per heavy atom. The first-order valence-corrected chi connectivity index (χ1v) is 7.37. The van der Waals surface area contributed by atoms with Crippen molar-refractivity contribution in [3.63, 3.8) is 0 Å². The highest BCUT2D eigenvalue weighted by atomic mass is 32.2. The maximum absolute atomic E-state index is 11.5. The van der Waals surface area contributed by atoms with E-state index < -0.39 is 0 Å². The lowest BCUT2D eigenvalue weighted by atomic mass is 10.1. The molecule has 0 unspecified atom stereocenters. The van der Waals surface area contributed by atoms with Crippen LogP contribution < -0.4 is 0 Å². The van der Waals surface area contributed by atoms with E-state index in [1.54, 1.807) is 0 Å². The molecular formula is C14H15N3O2S. The number of cyclic esters (lactones) is 1. The molecule has 5 nitrogen and oxygen atoms in total. The Labute approximate surface area is 121 Å². The van der Waals surface area contributed by atoms with Gasteiger partial charge in [-0.15, -0.1) is 10.2 Å². The van der Waals surface area contributed by atoms with Gasteiger partial charge in [0, 0.05) is 19.9 Å². The Morgan fingerprint density at radius 1 is 1.35 bits per heavy atom. The largest absolute Gasteiger partial charge is 0.465 e. The smallest absolute Gasteiger partial charge is 0.319 e. The number of nitrogens with zero attached hydrogens (tertiary/aromatic N) is 3. The fourth-order valence-corrected chi connectivity index (χ4v) is 3.08. The summed E-state index contributed by atoms with van der Waals surface area (Å²) in [5, 5.41) is 9.01. The maximum atomic E-state index is 11.5. The molecule has 0 N–H and O–H groups in total. The maximum Gasteiger partial charge on any atom is 0.319 e. The number of ether oxygens (including phenoxy) is 1. The van der Waals surface area contributed by atoms with Gasteiger partial charge in [-0.1, -0.05) is 42.1 Å². The first-order chi connectivity index (χ1) is 9.74. The molecule has 1 aliphatic heterocycles. The molecule has 0 saturated carbocycles. The van der Waals surface area contributed by atoms with E-state index in [1.807, 2.05) is 29.8 Å². The molecule has 2 heterocycles. The minimum absolute atomic E-state index is 0.150. The fourth-order valence-electron chi connectivity index (χ4n) is 2.09. The van der Waals surface area contributed by atoms with E-state index in [0.717, 1.165) is 23.8 Å². The van der Waals surface area contributed by atoms with Crippen LogP contribution >= 0.6 is 11.8 Å². The zero-order valence-corrected chi connectivity index (χ0v) is 12.0. The first-order valence-electron chi connectivity index (χ1n) is 6.49. The fraction of sp³-hybridized carbons (Fsp3) is 0.357. The highest BCUT2D eigenvalue weighted by Crippen LogP contribution is 2.28. The molecule has 1 aromatic heterocycles. The Bertz CT molecular complexity index is 612. The highest BCUT2D eigenvalue weighted by Gasteiger charge is 2.29. The second-order valence-corrected chi connectivity index (χ2v) is 5.85. The number of carbonyl (C=O) groups excluding carboxylic acids is 1. The summed E-state index contributed by atoms with van der Waals surface area (Å²) in [5.74, 6) is 0.743. The average Bonchev–Trinajstić information content (AvgIpc) is 3.01. The lowest BCUT2D eigenvalue weighted by molar-refractivity contribution is -0.137. The van der Waals surface area contributed by atoms with Crippen molar-refractivity contribution in [2.75, 3.05) is 6.61 Å². The van der Waals surface area contributed by atoms with E-state index >= 15 is 0 Å². The average molecular weight is 289 g/mol. The van der Waals surface area contributed by atoms with E-state index in [1.165, 1.54) is 17.3 Å². The van der Waals surface area contributed by atoms with Crippen LogP contribution in [0.5, 0.6) is 0 Å². The summed E-state index contributed by atoms with van der Waals surface area (Å²) in [4.78, 5) is 11.5. The SMILES string of the molecule is Cn1c(Cc2ccccc2)nnc1S[C@@H]1CCOC1=O. The van der Waals surface area contributed by atoms with Gasteiger partial charge in [0.25, 0.3) is 0 Å². The number of aromatic nitrogens is 3. The molecule has 3 rings (SSSR count). The number of carbonyl (C=O) groups is 1. The van der Waals surface area contributed by atoms with Gasteiger partial charge in [0.05, 0.1) is 6.61 Å². The molecule has 0 spiro atoms. The molecule has 1 saturated heterocycles. The van der Waals surface area contributed by atoms with Gasteiger partial charge in [0.1, 0.15) is 11.1 Å².